The van der Waals surface area contributed by atoms with E-state index < -0.39 is 15.9 Å². The van der Waals surface area contributed by atoms with E-state index in [9.17, 15) is 13.2 Å². The summed E-state index contributed by atoms with van der Waals surface area (Å²) >= 11 is 0. The summed E-state index contributed by atoms with van der Waals surface area (Å²) in [5.74, 6) is 0.698. The van der Waals surface area contributed by atoms with Crippen molar-refractivity contribution in [3.63, 3.8) is 0 Å². The van der Waals surface area contributed by atoms with Gasteiger partial charge in [-0.25, -0.2) is 8.42 Å². The standard InChI is InChI=1S/C16H18N2O6S/c1-22-12-7-9-13(10-8-12)25(20,21)18-17-16(19)11-24-15-6-4-3-5-14(15)23-2/h3-10,18H,11H2,1-2H3,(H,17,19). The van der Waals surface area contributed by atoms with Gasteiger partial charge >= 0.3 is 0 Å². The second kappa shape index (κ2) is 8.36. The minimum absolute atomic E-state index is 0.0146. The Morgan fingerprint density at radius 3 is 2.20 bits per heavy atom. The number of nitrogens with one attached hydrogen (secondary N) is 2. The molecule has 0 spiro atoms. The van der Waals surface area contributed by atoms with Crippen LogP contribution in [0.4, 0.5) is 0 Å². The molecule has 134 valence electrons. The lowest BCUT2D eigenvalue weighted by Crippen LogP contribution is -2.43. The average Bonchev–Trinajstić information content (AvgIpc) is 2.65. The molecule has 0 fully saturated rings. The van der Waals surface area contributed by atoms with Crippen molar-refractivity contribution >= 4 is 15.9 Å². The summed E-state index contributed by atoms with van der Waals surface area (Å²) in [6, 6.07) is 12.5. The molecule has 0 aromatic heterocycles. The number of rotatable bonds is 8. The van der Waals surface area contributed by atoms with E-state index in [1.807, 2.05) is 4.83 Å². The van der Waals surface area contributed by atoms with Crippen molar-refractivity contribution in [1.82, 2.24) is 10.3 Å². The third-order valence-corrected chi connectivity index (χ3v) is 4.39. The van der Waals surface area contributed by atoms with Crippen LogP contribution in [0, 0.1) is 0 Å². The third-order valence-electron chi connectivity index (χ3n) is 3.12. The maximum atomic E-state index is 12.1. The molecule has 9 heteroatoms. The molecule has 0 aliphatic rings. The molecule has 0 saturated heterocycles. The van der Waals surface area contributed by atoms with Crippen LogP contribution in [0.3, 0.4) is 0 Å². The second-order valence-corrected chi connectivity index (χ2v) is 6.45. The Balaban J connectivity index is 1.90. The zero-order valence-corrected chi connectivity index (χ0v) is 14.5. The molecule has 2 rings (SSSR count). The molecule has 0 saturated carbocycles. The van der Waals surface area contributed by atoms with Crippen molar-refractivity contribution in [2.45, 2.75) is 4.90 Å². The van der Waals surface area contributed by atoms with Crippen LogP contribution in [0.5, 0.6) is 17.2 Å². The Morgan fingerprint density at radius 2 is 1.60 bits per heavy atom. The van der Waals surface area contributed by atoms with Gasteiger partial charge in [-0.05, 0) is 36.4 Å². The lowest BCUT2D eigenvalue weighted by molar-refractivity contribution is -0.123. The van der Waals surface area contributed by atoms with Crippen LogP contribution >= 0.6 is 0 Å². The van der Waals surface area contributed by atoms with Gasteiger partial charge in [-0.2, -0.15) is 0 Å². The highest BCUT2D eigenvalue weighted by Gasteiger charge is 2.15. The van der Waals surface area contributed by atoms with E-state index in [2.05, 4.69) is 5.43 Å². The van der Waals surface area contributed by atoms with Crippen LogP contribution in [0.15, 0.2) is 53.4 Å². The highest BCUT2D eigenvalue weighted by molar-refractivity contribution is 7.89. The molecule has 2 aromatic rings. The number of sulfonamides is 1. The number of carbonyl (C=O) groups is 1. The smallest absolute Gasteiger partial charge is 0.272 e. The van der Waals surface area contributed by atoms with Crippen molar-refractivity contribution < 1.29 is 27.4 Å². The first-order valence-corrected chi connectivity index (χ1v) is 8.65. The van der Waals surface area contributed by atoms with Crippen LogP contribution in [-0.4, -0.2) is 35.2 Å². The van der Waals surface area contributed by atoms with Crippen LogP contribution in [0.2, 0.25) is 0 Å². The average molecular weight is 366 g/mol. The molecule has 0 atom stereocenters. The van der Waals surface area contributed by atoms with Crippen molar-refractivity contribution in [1.29, 1.82) is 0 Å². The second-order valence-electron chi connectivity index (χ2n) is 4.77. The van der Waals surface area contributed by atoms with Crippen LogP contribution < -0.4 is 24.5 Å². The van der Waals surface area contributed by atoms with Gasteiger partial charge in [-0.3, -0.25) is 10.2 Å². The SMILES string of the molecule is COc1ccc(S(=O)(=O)NNC(=O)COc2ccccc2OC)cc1. The Morgan fingerprint density at radius 1 is 0.960 bits per heavy atom. The van der Waals surface area contributed by atoms with E-state index in [1.54, 1.807) is 24.3 Å². The fourth-order valence-electron chi connectivity index (χ4n) is 1.86. The summed E-state index contributed by atoms with van der Waals surface area (Å²) in [5, 5.41) is 0. The van der Waals surface area contributed by atoms with Crippen LogP contribution in [0.1, 0.15) is 0 Å². The summed E-state index contributed by atoms with van der Waals surface area (Å²) in [6.07, 6.45) is 0. The van der Waals surface area contributed by atoms with E-state index in [0.29, 0.717) is 17.2 Å². The van der Waals surface area contributed by atoms with E-state index in [4.69, 9.17) is 14.2 Å². The molecular formula is C16H18N2O6S. The molecular weight excluding hydrogens is 348 g/mol. The van der Waals surface area contributed by atoms with E-state index in [-0.39, 0.29) is 11.5 Å². The summed E-state index contributed by atoms with van der Waals surface area (Å²) in [4.78, 5) is 13.8. The molecule has 0 bridgehead atoms. The maximum absolute atomic E-state index is 12.1. The predicted octanol–water partition coefficient (Wildman–Crippen LogP) is 1.09. The van der Waals surface area contributed by atoms with Crippen LogP contribution in [0.25, 0.3) is 0 Å². The summed E-state index contributed by atoms with van der Waals surface area (Å²) in [7, 11) is -0.941. The van der Waals surface area contributed by atoms with E-state index in [1.165, 1.54) is 38.5 Å². The zero-order valence-electron chi connectivity index (χ0n) is 13.7. The Labute approximate surface area is 145 Å². The number of hydrogen-bond acceptors (Lipinski definition) is 6. The summed E-state index contributed by atoms with van der Waals surface area (Å²) < 4.78 is 39.5. The largest absolute Gasteiger partial charge is 0.497 e. The number of hydrogen-bond donors (Lipinski definition) is 2. The van der Waals surface area contributed by atoms with Gasteiger partial charge in [-0.1, -0.05) is 12.1 Å². The van der Waals surface area contributed by atoms with Gasteiger partial charge in [0.15, 0.2) is 18.1 Å². The van der Waals surface area contributed by atoms with Gasteiger partial charge in [0.25, 0.3) is 15.9 Å². The first-order valence-electron chi connectivity index (χ1n) is 7.17. The van der Waals surface area contributed by atoms with Gasteiger partial charge in [0, 0.05) is 0 Å². The normalized spacial score (nSPS) is 10.8. The van der Waals surface area contributed by atoms with Crippen molar-refractivity contribution in [3.8, 4) is 17.2 Å². The fraction of sp³-hybridized carbons (Fsp3) is 0.188. The van der Waals surface area contributed by atoms with E-state index >= 15 is 0 Å². The van der Waals surface area contributed by atoms with Crippen molar-refractivity contribution in [3.05, 3.63) is 48.5 Å². The molecule has 25 heavy (non-hydrogen) atoms. The third kappa shape index (κ3) is 5.10. The van der Waals surface area contributed by atoms with Crippen molar-refractivity contribution in [2.75, 3.05) is 20.8 Å². The number of benzene rings is 2. The Bertz CT molecular complexity index is 821. The minimum atomic E-state index is -3.89. The molecule has 0 aliphatic heterocycles. The number of hydrazine groups is 1. The fourth-order valence-corrected chi connectivity index (χ4v) is 2.72. The molecule has 2 aromatic carbocycles. The number of carbonyl (C=O) groups excluding carboxylic acids is 1. The Kier molecular flexibility index (Phi) is 6.20. The lowest BCUT2D eigenvalue weighted by atomic mass is 10.3. The molecule has 2 N–H and O–H groups in total. The van der Waals surface area contributed by atoms with Gasteiger partial charge in [-0.15, -0.1) is 4.83 Å². The summed E-state index contributed by atoms with van der Waals surface area (Å²) in [6.45, 7) is -0.383. The van der Waals surface area contributed by atoms with Gasteiger partial charge in [0.1, 0.15) is 5.75 Å². The molecule has 0 unspecified atom stereocenters. The Hall–Kier alpha value is -2.78. The highest BCUT2D eigenvalue weighted by atomic mass is 32.2. The molecule has 0 heterocycles. The molecule has 0 aliphatic carbocycles. The molecule has 1 amide bonds. The quantitative estimate of drug-likeness (QED) is 0.678. The number of para-hydroxylation sites is 2. The highest BCUT2D eigenvalue weighted by Crippen LogP contribution is 2.25. The predicted molar refractivity (Wildman–Crippen MR) is 89.9 cm³/mol. The first kappa shape index (κ1) is 18.6. The summed E-state index contributed by atoms with van der Waals surface area (Å²) in [5.41, 5.74) is 2.08. The number of ether oxygens (including phenoxy) is 3. The maximum Gasteiger partial charge on any atom is 0.272 e. The minimum Gasteiger partial charge on any atom is -0.497 e. The van der Waals surface area contributed by atoms with Gasteiger partial charge in [0.05, 0.1) is 19.1 Å². The monoisotopic (exact) mass is 366 g/mol. The van der Waals surface area contributed by atoms with Gasteiger partial charge in [0.2, 0.25) is 0 Å². The molecule has 8 nitrogen and oxygen atoms in total. The molecule has 0 radical (unpaired) electrons. The van der Waals surface area contributed by atoms with Crippen LogP contribution in [-0.2, 0) is 14.8 Å². The van der Waals surface area contributed by atoms with Gasteiger partial charge < -0.3 is 14.2 Å². The number of methoxy groups -OCH3 is 2. The topological polar surface area (TPSA) is 103 Å². The lowest BCUT2D eigenvalue weighted by Gasteiger charge is -2.11. The zero-order chi connectivity index (χ0) is 18.3. The first-order chi connectivity index (χ1) is 12.0. The van der Waals surface area contributed by atoms with E-state index in [0.717, 1.165) is 0 Å². The van der Waals surface area contributed by atoms with Crippen molar-refractivity contribution in [2.24, 2.45) is 0 Å². The number of amides is 1.